The molecule has 5 nitrogen and oxygen atoms in total. The summed E-state index contributed by atoms with van der Waals surface area (Å²) in [5.41, 5.74) is 1.67. The molecule has 1 saturated heterocycles. The summed E-state index contributed by atoms with van der Waals surface area (Å²) >= 11 is 0. The van der Waals surface area contributed by atoms with E-state index in [1.54, 1.807) is 0 Å². The number of rotatable bonds is 6. The Morgan fingerprint density at radius 2 is 1.91 bits per heavy atom. The van der Waals surface area contributed by atoms with Gasteiger partial charge in [-0.15, -0.1) is 0 Å². The number of amides is 2. The topological polar surface area (TPSA) is 67.4 Å². The van der Waals surface area contributed by atoms with Crippen molar-refractivity contribution in [2.45, 2.75) is 38.3 Å². The number of ether oxygens (including phenoxy) is 1. The molecule has 1 fully saturated rings. The van der Waals surface area contributed by atoms with E-state index in [9.17, 15) is 9.59 Å². The molecule has 1 heterocycles. The summed E-state index contributed by atoms with van der Waals surface area (Å²) in [7, 11) is 0. The summed E-state index contributed by atoms with van der Waals surface area (Å²) < 4.78 is 5.35. The highest BCUT2D eigenvalue weighted by atomic mass is 16.5. The zero-order valence-electron chi connectivity index (χ0n) is 13.6. The van der Waals surface area contributed by atoms with Gasteiger partial charge in [0.15, 0.2) is 0 Å². The maximum Gasteiger partial charge on any atom is 0.243 e. The fourth-order valence-corrected chi connectivity index (χ4v) is 2.66. The van der Waals surface area contributed by atoms with Gasteiger partial charge in [-0.2, -0.15) is 0 Å². The van der Waals surface area contributed by atoms with E-state index in [1.165, 1.54) is 6.08 Å². The van der Waals surface area contributed by atoms with Crippen molar-refractivity contribution in [3.05, 3.63) is 48.0 Å². The van der Waals surface area contributed by atoms with E-state index >= 15 is 0 Å². The molecule has 1 aliphatic rings. The van der Waals surface area contributed by atoms with Crippen molar-refractivity contribution >= 4 is 11.8 Å². The molecule has 0 spiro atoms. The maximum atomic E-state index is 12.4. The summed E-state index contributed by atoms with van der Waals surface area (Å²) in [6, 6.07) is 7.64. The van der Waals surface area contributed by atoms with Crippen LogP contribution in [0.15, 0.2) is 36.9 Å². The monoisotopic (exact) mass is 316 g/mol. The van der Waals surface area contributed by atoms with Gasteiger partial charge in [0.05, 0.1) is 6.42 Å². The molecule has 2 amide bonds. The summed E-state index contributed by atoms with van der Waals surface area (Å²) in [6.07, 6.45) is 3.20. The number of carbonyl (C=O) groups excluding carboxylic acids is 2. The quantitative estimate of drug-likeness (QED) is 0.785. The van der Waals surface area contributed by atoms with Gasteiger partial charge in [-0.3, -0.25) is 9.59 Å². The van der Waals surface area contributed by atoms with Gasteiger partial charge in [0.1, 0.15) is 0 Å². The van der Waals surface area contributed by atoms with Crippen LogP contribution in [-0.4, -0.2) is 30.6 Å². The van der Waals surface area contributed by atoms with E-state index in [2.05, 4.69) is 24.1 Å². The second-order valence-corrected chi connectivity index (χ2v) is 6.09. The number of carbonyl (C=O) groups is 2. The van der Waals surface area contributed by atoms with Gasteiger partial charge in [0, 0.05) is 25.3 Å². The van der Waals surface area contributed by atoms with Crippen LogP contribution in [0.25, 0.3) is 0 Å². The zero-order valence-corrected chi connectivity index (χ0v) is 13.6. The SMILES string of the molecule is C=CC(=O)NCc1ccccc1CC(=O)NC1(C)CCOCC1. The summed E-state index contributed by atoms with van der Waals surface area (Å²) in [6.45, 7) is 7.24. The first-order valence-corrected chi connectivity index (χ1v) is 7.88. The third kappa shape index (κ3) is 5.21. The Balaban J connectivity index is 1.97. The van der Waals surface area contributed by atoms with Gasteiger partial charge in [0.25, 0.3) is 0 Å². The van der Waals surface area contributed by atoms with Crippen LogP contribution in [0.3, 0.4) is 0 Å². The van der Waals surface area contributed by atoms with E-state index in [0.29, 0.717) is 26.2 Å². The first-order valence-electron chi connectivity index (χ1n) is 7.88. The van der Waals surface area contributed by atoms with Crippen molar-refractivity contribution in [1.29, 1.82) is 0 Å². The minimum absolute atomic E-state index is 0.00287. The molecule has 0 aromatic heterocycles. The fourth-order valence-electron chi connectivity index (χ4n) is 2.66. The molecule has 1 aromatic rings. The van der Waals surface area contributed by atoms with Crippen molar-refractivity contribution in [2.24, 2.45) is 0 Å². The number of benzene rings is 1. The van der Waals surface area contributed by atoms with Gasteiger partial charge in [-0.1, -0.05) is 30.8 Å². The smallest absolute Gasteiger partial charge is 0.243 e. The maximum absolute atomic E-state index is 12.4. The Labute approximate surface area is 137 Å². The molecule has 0 atom stereocenters. The lowest BCUT2D eigenvalue weighted by Gasteiger charge is -2.34. The molecule has 0 bridgehead atoms. The van der Waals surface area contributed by atoms with Gasteiger partial charge in [0.2, 0.25) is 11.8 Å². The zero-order chi connectivity index (χ0) is 16.7. The Morgan fingerprint density at radius 3 is 2.57 bits per heavy atom. The molecule has 0 aliphatic carbocycles. The van der Waals surface area contributed by atoms with Crippen LogP contribution in [0, 0.1) is 0 Å². The lowest BCUT2D eigenvalue weighted by molar-refractivity contribution is -0.123. The summed E-state index contributed by atoms with van der Waals surface area (Å²) in [4.78, 5) is 23.7. The van der Waals surface area contributed by atoms with Crippen LogP contribution in [0.2, 0.25) is 0 Å². The van der Waals surface area contributed by atoms with Gasteiger partial charge < -0.3 is 15.4 Å². The Hall–Kier alpha value is -2.14. The minimum Gasteiger partial charge on any atom is -0.381 e. The first kappa shape index (κ1) is 17.2. The molecular formula is C18H24N2O3. The van der Waals surface area contributed by atoms with Crippen LogP contribution in [0.5, 0.6) is 0 Å². The predicted octanol–water partition coefficient (Wildman–Crippen LogP) is 1.72. The van der Waals surface area contributed by atoms with E-state index in [-0.39, 0.29) is 17.4 Å². The molecule has 0 unspecified atom stereocenters. The van der Waals surface area contributed by atoms with E-state index in [0.717, 1.165) is 24.0 Å². The van der Waals surface area contributed by atoms with E-state index < -0.39 is 0 Å². The average Bonchev–Trinajstić information content (AvgIpc) is 2.53. The normalized spacial score (nSPS) is 16.4. The van der Waals surface area contributed by atoms with Crippen molar-refractivity contribution in [3.63, 3.8) is 0 Å². The largest absolute Gasteiger partial charge is 0.381 e. The van der Waals surface area contributed by atoms with Gasteiger partial charge in [-0.25, -0.2) is 0 Å². The van der Waals surface area contributed by atoms with Crippen LogP contribution in [-0.2, 0) is 27.3 Å². The van der Waals surface area contributed by atoms with Gasteiger partial charge in [-0.05, 0) is 37.0 Å². The van der Waals surface area contributed by atoms with Crippen LogP contribution < -0.4 is 10.6 Å². The molecule has 5 heteroatoms. The van der Waals surface area contributed by atoms with E-state index in [4.69, 9.17) is 4.74 Å². The molecular weight excluding hydrogens is 292 g/mol. The number of hydrogen-bond donors (Lipinski definition) is 2. The molecule has 2 rings (SSSR count). The molecule has 1 aromatic carbocycles. The van der Waals surface area contributed by atoms with Crippen molar-refractivity contribution in [1.82, 2.24) is 10.6 Å². The molecule has 0 saturated carbocycles. The number of nitrogens with one attached hydrogen (secondary N) is 2. The predicted molar refractivity (Wildman–Crippen MR) is 88.8 cm³/mol. The highest BCUT2D eigenvalue weighted by Gasteiger charge is 2.28. The Bertz CT molecular complexity index is 577. The summed E-state index contributed by atoms with van der Waals surface area (Å²) in [5, 5.41) is 5.87. The number of hydrogen-bond acceptors (Lipinski definition) is 3. The lowest BCUT2D eigenvalue weighted by Crippen LogP contribution is -2.50. The third-order valence-electron chi connectivity index (χ3n) is 4.15. The molecule has 23 heavy (non-hydrogen) atoms. The fraction of sp³-hybridized carbons (Fsp3) is 0.444. The Kier molecular flexibility index (Phi) is 5.93. The lowest BCUT2D eigenvalue weighted by atomic mass is 9.92. The molecule has 2 N–H and O–H groups in total. The van der Waals surface area contributed by atoms with E-state index in [1.807, 2.05) is 24.3 Å². The second kappa shape index (κ2) is 7.92. The average molecular weight is 316 g/mol. The summed E-state index contributed by atoms with van der Waals surface area (Å²) in [5.74, 6) is -0.226. The van der Waals surface area contributed by atoms with Crippen LogP contribution >= 0.6 is 0 Å². The third-order valence-corrected chi connectivity index (χ3v) is 4.15. The standard InChI is InChI=1S/C18H24N2O3/c1-3-16(21)19-13-15-7-5-4-6-14(15)12-17(22)20-18(2)8-10-23-11-9-18/h3-7H,1,8-13H2,2H3,(H,19,21)(H,20,22). The molecule has 124 valence electrons. The Morgan fingerprint density at radius 1 is 1.26 bits per heavy atom. The van der Waals surface area contributed by atoms with Crippen molar-refractivity contribution in [3.8, 4) is 0 Å². The minimum atomic E-state index is -0.223. The second-order valence-electron chi connectivity index (χ2n) is 6.09. The van der Waals surface area contributed by atoms with Crippen molar-refractivity contribution in [2.75, 3.05) is 13.2 Å². The van der Waals surface area contributed by atoms with Gasteiger partial charge >= 0.3 is 0 Å². The first-order chi connectivity index (χ1) is 11.0. The highest BCUT2D eigenvalue weighted by Crippen LogP contribution is 2.20. The molecule has 1 aliphatic heterocycles. The van der Waals surface area contributed by atoms with Crippen LogP contribution in [0.1, 0.15) is 30.9 Å². The molecule has 0 radical (unpaired) electrons. The van der Waals surface area contributed by atoms with Crippen molar-refractivity contribution < 1.29 is 14.3 Å². The van der Waals surface area contributed by atoms with Crippen LogP contribution in [0.4, 0.5) is 0 Å². The highest BCUT2D eigenvalue weighted by molar-refractivity contribution is 5.86.